The molecule has 90 valence electrons. The Balaban J connectivity index is 2.07. The van der Waals surface area contributed by atoms with Crippen LogP contribution in [0.1, 0.15) is 26.2 Å². The van der Waals surface area contributed by atoms with E-state index < -0.39 is 0 Å². The van der Waals surface area contributed by atoms with Gasteiger partial charge in [0, 0.05) is 11.5 Å². The second-order valence-corrected chi connectivity index (χ2v) is 4.46. The van der Waals surface area contributed by atoms with E-state index in [2.05, 4.69) is 42.1 Å². The maximum absolute atomic E-state index is 5.74. The maximum atomic E-state index is 5.74. The molecule has 0 atom stereocenters. The van der Waals surface area contributed by atoms with E-state index in [0.29, 0.717) is 0 Å². The van der Waals surface area contributed by atoms with Crippen LogP contribution in [0.15, 0.2) is 36.7 Å². The van der Waals surface area contributed by atoms with Gasteiger partial charge in [-0.15, -0.1) is 0 Å². The van der Waals surface area contributed by atoms with Crippen LogP contribution in [0.5, 0.6) is 5.75 Å². The zero-order valence-electron chi connectivity index (χ0n) is 10.6. The summed E-state index contributed by atoms with van der Waals surface area (Å²) in [6, 6.07) is 8.40. The first-order valence-corrected chi connectivity index (χ1v) is 6.31. The minimum atomic E-state index is 0.819. The highest BCUT2D eigenvalue weighted by molar-refractivity contribution is 5.82. The van der Waals surface area contributed by atoms with Crippen molar-refractivity contribution in [3.8, 4) is 5.75 Å². The molecule has 0 saturated carbocycles. The number of hydrogen-bond acceptors (Lipinski definition) is 1. The number of benzene rings is 1. The van der Waals surface area contributed by atoms with Gasteiger partial charge in [-0.3, -0.25) is 0 Å². The SMILES string of the molecule is CCCCCOc1ccc2c[n+](C)ccc2c1. The molecule has 0 fully saturated rings. The molecule has 0 aliphatic rings. The zero-order valence-corrected chi connectivity index (χ0v) is 10.6. The predicted molar refractivity (Wildman–Crippen MR) is 70.1 cm³/mol. The summed E-state index contributed by atoms with van der Waals surface area (Å²) >= 11 is 0. The van der Waals surface area contributed by atoms with Gasteiger partial charge in [-0.2, -0.15) is 0 Å². The Kier molecular flexibility index (Phi) is 3.97. The number of pyridine rings is 1. The van der Waals surface area contributed by atoms with E-state index in [1.54, 1.807) is 0 Å². The summed E-state index contributed by atoms with van der Waals surface area (Å²) in [5.41, 5.74) is 0. The highest BCUT2D eigenvalue weighted by Gasteiger charge is 2.01. The van der Waals surface area contributed by atoms with Crippen LogP contribution in [-0.4, -0.2) is 6.61 Å². The molecule has 0 unspecified atom stereocenters. The summed E-state index contributed by atoms with van der Waals surface area (Å²) in [6.07, 6.45) is 7.79. The van der Waals surface area contributed by atoms with Crippen molar-refractivity contribution in [2.75, 3.05) is 6.61 Å². The third kappa shape index (κ3) is 3.19. The van der Waals surface area contributed by atoms with E-state index in [-0.39, 0.29) is 0 Å². The van der Waals surface area contributed by atoms with Crippen LogP contribution in [0.25, 0.3) is 10.8 Å². The Morgan fingerprint density at radius 2 is 2.00 bits per heavy atom. The Morgan fingerprint density at radius 3 is 2.82 bits per heavy atom. The van der Waals surface area contributed by atoms with Crippen LogP contribution < -0.4 is 9.30 Å². The average molecular weight is 230 g/mol. The van der Waals surface area contributed by atoms with Crippen molar-refractivity contribution in [2.24, 2.45) is 7.05 Å². The van der Waals surface area contributed by atoms with Crippen LogP contribution in [0.3, 0.4) is 0 Å². The molecule has 0 N–H and O–H groups in total. The lowest BCUT2D eigenvalue weighted by atomic mass is 10.2. The summed E-state index contributed by atoms with van der Waals surface area (Å²) in [5.74, 6) is 0.974. The van der Waals surface area contributed by atoms with E-state index in [0.717, 1.165) is 18.8 Å². The largest absolute Gasteiger partial charge is 0.494 e. The molecule has 2 aromatic rings. The number of ether oxygens (including phenoxy) is 1. The summed E-state index contributed by atoms with van der Waals surface area (Å²) in [4.78, 5) is 0. The molecule has 1 heterocycles. The Hall–Kier alpha value is -1.57. The molecule has 17 heavy (non-hydrogen) atoms. The van der Waals surface area contributed by atoms with Gasteiger partial charge in [0.15, 0.2) is 12.4 Å². The highest BCUT2D eigenvalue weighted by Crippen LogP contribution is 2.19. The standard InChI is InChI=1S/C15H20NO/c1-3-4-5-10-17-15-7-6-14-12-16(2)9-8-13(14)11-15/h6-9,11-12H,3-5,10H2,1-2H3/q+1. The molecule has 0 radical (unpaired) electrons. The topological polar surface area (TPSA) is 13.1 Å². The number of rotatable bonds is 5. The van der Waals surface area contributed by atoms with E-state index in [1.807, 2.05) is 13.1 Å². The second kappa shape index (κ2) is 5.67. The molecule has 0 saturated heterocycles. The first-order chi connectivity index (χ1) is 8.29. The van der Waals surface area contributed by atoms with Gasteiger partial charge >= 0.3 is 0 Å². The van der Waals surface area contributed by atoms with Gasteiger partial charge in [0.1, 0.15) is 12.8 Å². The van der Waals surface area contributed by atoms with Gasteiger partial charge in [-0.1, -0.05) is 19.8 Å². The lowest BCUT2D eigenvalue weighted by Crippen LogP contribution is -2.25. The van der Waals surface area contributed by atoms with Crippen molar-refractivity contribution >= 4 is 10.8 Å². The summed E-state index contributed by atoms with van der Waals surface area (Å²) in [6.45, 7) is 3.02. The van der Waals surface area contributed by atoms with Crippen molar-refractivity contribution in [2.45, 2.75) is 26.2 Å². The van der Waals surface area contributed by atoms with Crippen molar-refractivity contribution < 1.29 is 9.30 Å². The predicted octanol–water partition coefficient (Wildman–Crippen LogP) is 3.23. The summed E-state index contributed by atoms with van der Waals surface area (Å²) in [7, 11) is 2.04. The van der Waals surface area contributed by atoms with Crippen LogP contribution in [0.4, 0.5) is 0 Å². The third-order valence-electron chi connectivity index (χ3n) is 2.91. The van der Waals surface area contributed by atoms with Crippen LogP contribution >= 0.6 is 0 Å². The lowest BCUT2D eigenvalue weighted by Gasteiger charge is -2.06. The molecule has 2 heteroatoms. The normalized spacial score (nSPS) is 10.7. The minimum Gasteiger partial charge on any atom is -0.494 e. The minimum absolute atomic E-state index is 0.819. The van der Waals surface area contributed by atoms with E-state index in [9.17, 15) is 0 Å². The molecule has 2 rings (SSSR count). The monoisotopic (exact) mass is 230 g/mol. The van der Waals surface area contributed by atoms with E-state index >= 15 is 0 Å². The second-order valence-electron chi connectivity index (χ2n) is 4.46. The van der Waals surface area contributed by atoms with Crippen LogP contribution in [0, 0.1) is 0 Å². The van der Waals surface area contributed by atoms with Gasteiger partial charge in [0.25, 0.3) is 0 Å². The van der Waals surface area contributed by atoms with Gasteiger partial charge in [0.2, 0.25) is 0 Å². The fourth-order valence-corrected chi connectivity index (χ4v) is 1.91. The first kappa shape index (κ1) is 11.9. The third-order valence-corrected chi connectivity index (χ3v) is 2.91. The fraction of sp³-hybridized carbons (Fsp3) is 0.400. The molecule has 0 bridgehead atoms. The fourth-order valence-electron chi connectivity index (χ4n) is 1.91. The van der Waals surface area contributed by atoms with Crippen molar-refractivity contribution in [3.05, 3.63) is 36.7 Å². The molecular weight excluding hydrogens is 210 g/mol. The van der Waals surface area contributed by atoms with E-state index in [1.165, 1.54) is 23.6 Å². The Bertz CT molecular complexity index is 493. The summed E-state index contributed by atoms with van der Waals surface area (Å²) in [5, 5.41) is 2.48. The Labute approximate surface area is 103 Å². The van der Waals surface area contributed by atoms with Gasteiger partial charge in [0.05, 0.1) is 6.61 Å². The molecule has 0 amide bonds. The van der Waals surface area contributed by atoms with Gasteiger partial charge in [-0.05, 0) is 30.0 Å². The van der Waals surface area contributed by atoms with E-state index in [4.69, 9.17) is 4.74 Å². The van der Waals surface area contributed by atoms with Gasteiger partial charge in [-0.25, -0.2) is 4.57 Å². The summed E-state index contributed by atoms with van der Waals surface area (Å²) < 4.78 is 7.80. The quantitative estimate of drug-likeness (QED) is 0.568. The molecule has 1 aromatic carbocycles. The number of unbranched alkanes of at least 4 members (excludes halogenated alkanes) is 2. The van der Waals surface area contributed by atoms with Crippen LogP contribution in [0.2, 0.25) is 0 Å². The van der Waals surface area contributed by atoms with Crippen molar-refractivity contribution in [3.63, 3.8) is 0 Å². The van der Waals surface area contributed by atoms with Gasteiger partial charge < -0.3 is 4.74 Å². The lowest BCUT2D eigenvalue weighted by molar-refractivity contribution is -0.670. The maximum Gasteiger partial charge on any atom is 0.176 e. The molecule has 1 aromatic heterocycles. The number of aromatic nitrogens is 1. The Morgan fingerprint density at radius 1 is 1.12 bits per heavy atom. The van der Waals surface area contributed by atoms with Crippen molar-refractivity contribution in [1.29, 1.82) is 0 Å². The van der Waals surface area contributed by atoms with Crippen LogP contribution in [-0.2, 0) is 7.05 Å². The number of hydrogen-bond donors (Lipinski definition) is 0. The number of fused-ring (bicyclic) bond motifs is 1. The highest BCUT2D eigenvalue weighted by atomic mass is 16.5. The number of nitrogens with zero attached hydrogens (tertiary/aromatic N) is 1. The molecule has 0 spiro atoms. The molecule has 0 aliphatic carbocycles. The zero-order chi connectivity index (χ0) is 12.1. The average Bonchev–Trinajstić information content (AvgIpc) is 2.35. The molecule has 0 aliphatic heterocycles. The molecular formula is C15H20NO+. The molecule has 2 nitrogen and oxygen atoms in total. The smallest absolute Gasteiger partial charge is 0.176 e. The first-order valence-electron chi connectivity index (χ1n) is 6.31. The van der Waals surface area contributed by atoms with Crippen molar-refractivity contribution in [1.82, 2.24) is 0 Å². The number of aryl methyl sites for hydroxylation is 1.